The lowest BCUT2D eigenvalue weighted by Crippen LogP contribution is -2.17. The zero-order valence-corrected chi connectivity index (χ0v) is 8.77. The summed E-state index contributed by atoms with van der Waals surface area (Å²) in [4.78, 5) is 16.0. The third kappa shape index (κ3) is 1.81. The van der Waals surface area contributed by atoms with Crippen LogP contribution in [0.25, 0.3) is 11.1 Å². The first kappa shape index (κ1) is 9.65. The molecule has 2 aromatic heterocycles. The van der Waals surface area contributed by atoms with Gasteiger partial charge in [0.2, 0.25) is 0 Å². The number of pyridine rings is 2. The minimum absolute atomic E-state index is 0.00292. The van der Waals surface area contributed by atoms with Gasteiger partial charge in [-0.15, -0.1) is 0 Å². The van der Waals surface area contributed by atoms with E-state index in [9.17, 15) is 4.79 Å². The highest BCUT2D eigenvalue weighted by atomic mass is 16.1. The largest absolute Gasteiger partial charge is 0.318 e. The number of hydrogen-bond donors (Lipinski definition) is 0. The molecule has 2 rings (SSSR count). The molecule has 0 saturated heterocycles. The van der Waals surface area contributed by atoms with Crippen LogP contribution in [0.15, 0.2) is 41.5 Å². The molecule has 0 aliphatic carbocycles. The second-order valence-corrected chi connectivity index (χ2v) is 3.53. The maximum absolute atomic E-state index is 11.8. The van der Waals surface area contributed by atoms with Gasteiger partial charge in [-0.1, -0.05) is 6.07 Å². The van der Waals surface area contributed by atoms with Gasteiger partial charge in [-0.05, 0) is 25.1 Å². The Kier molecular flexibility index (Phi) is 2.37. The number of nitrogens with zero attached hydrogens (tertiary/aromatic N) is 2. The molecule has 0 spiro atoms. The summed E-state index contributed by atoms with van der Waals surface area (Å²) in [5.41, 5.74) is 2.50. The van der Waals surface area contributed by atoms with Crippen molar-refractivity contribution in [3.05, 3.63) is 52.7 Å². The van der Waals surface area contributed by atoms with Gasteiger partial charge in [-0.2, -0.15) is 0 Å². The number of hydrogen-bond acceptors (Lipinski definition) is 2. The fourth-order valence-electron chi connectivity index (χ4n) is 1.44. The Hall–Kier alpha value is -1.90. The molecule has 0 aromatic carbocycles. The van der Waals surface area contributed by atoms with Gasteiger partial charge in [0.15, 0.2) is 0 Å². The summed E-state index contributed by atoms with van der Waals surface area (Å²) in [6.07, 6.45) is 3.47. The lowest BCUT2D eigenvalue weighted by molar-refractivity contribution is 0.863. The average molecular weight is 200 g/mol. The Labute approximate surface area is 88.0 Å². The Bertz CT molecular complexity index is 526. The van der Waals surface area contributed by atoms with E-state index in [1.165, 1.54) is 0 Å². The van der Waals surface area contributed by atoms with Crippen molar-refractivity contribution in [2.24, 2.45) is 7.05 Å². The van der Waals surface area contributed by atoms with E-state index in [1.54, 1.807) is 24.0 Å². The van der Waals surface area contributed by atoms with E-state index in [0.29, 0.717) is 5.56 Å². The molecule has 0 aliphatic heterocycles. The fourth-order valence-corrected chi connectivity index (χ4v) is 1.44. The molecule has 15 heavy (non-hydrogen) atoms. The summed E-state index contributed by atoms with van der Waals surface area (Å²) < 4.78 is 1.56. The maximum Gasteiger partial charge on any atom is 0.258 e. The topological polar surface area (TPSA) is 34.9 Å². The smallest absolute Gasteiger partial charge is 0.258 e. The van der Waals surface area contributed by atoms with Crippen molar-refractivity contribution in [2.75, 3.05) is 0 Å². The molecule has 0 bridgehead atoms. The van der Waals surface area contributed by atoms with Crippen LogP contribution >= 0.6 is 0 Å². The molecule has 2 heterocycles. The molecule has 0 atom stereocenters. The minimum Gasteiger partial charge on any atom is -0.318 e. The molecular weight excluding hydrogens is 188 g/mol. The van der Waals surface area contributed by atoms with Crippen molar-refractivity contribution in [1.29, 1.82) is 0 Å². The Morgan fingerprint density at radius 2 is 2.07 bits per heavy atom. The fraction of sp³-hybridized carbons (Fsp3) is 0.167. The zero-order valence-electron chi connectivity index (χ0n) is 8.77. The van der Waals surface area contributed by atoms with Gasteiger partial charge in [0.25, 0.3) is 5.56 Å². The summed E-state index contributed by atoms with van der Waals surface area (Å²) in [6.45, 7) is 1.92. The third-order valence-electron chi connectivity index (χ3n) is 2.35. The first-order chi connectivity index (χ1) is 7.18. The van der Waals surface area contributed by atoms with Gasteiger partial charge in [-0.25, -0.2) is 0 Å². The van der Waals surface area contributed by atoms with Crippen LogP contribution in [0.4, 0.5) is 0 Å². The van der Waals surface area contributed by atoms with Crippen LogP contribution in [-0.2, 0) is 7.05 Å². The lowest BCUT2D eigenvalue weighted by Gasteiger charge is -2.02. The van der Waals surface area contributed by atoms with E-state index >= 15 is 0 Å². The Balaban J connectivity index is 2.59. The molecule has 0 radical (unpaired) electrons. The van der Waals surface area contributed by atoms with Crippen LogP contribution in [-0.4, -0.2) is 9.55 Å². The minimum atomic E-state index is 0.00292. The van der Waals surface area contributed by atoms with Gasteiger partial charge in [0.1, 0.15) is 0 Å². The van der Waals surface area contributed by atoms with E-state index in [-0.39, 0.29) is 5.56 Å². The van der Waals surface area contributed by atoms with Gasteiger partial charge in [0, 0.05) is 36.3 Å². The summed E-state index contributed by atoms with van der Waals surface area (Å²) in [5, 5.41) is 0. The first-order valence-corrected chi connectivity index (χ1v) is 4.77. The van der Waals surface area contributed by atoms with Crippen LogP contribution in [0.1, 0.15) is 5.69 Å². The van der Waals surface area contributed by atoms with Crippen molar-refractivity contribution >= 4 is 0 Å². The predicted octanol–water partition coefficient (Wildman–Crippen LogP) is 1.76. The zero-order chi connectivity index (χ0) is 10.8. The molecule has 76 valence electrons. The van der Waals surface area contributed by atoms with Crippen molar-refractivity contribution < 1.29 is 0 Å². The van der Waals surface area contributed by atoms with Gasteiger partial charge in [0.05, 0.1) is 0 Å². The highest BCUT2D eigenvalue weighted by Crippen LogP contribution is 2.13. The van der Waals surface area contributed by atoms with E-state index in [4.69, 9.17) is 0 Å². The predicted molar refractivity (Wildman–Crippen MR) is 59.7 cm³/mol. The quantitative estimate of drug-likeness (QED) is 0.703. The van der Waals surface area contributed by atoms with Gasteiger partial charge in [-0.3, -0.25) is 9.78 Å². The van der Waals surface area contributed by atoms with E-state index < -0.39 is 0 Å². The van der Waals surface area contributed by atoms with Crippen molar-refractivity contribution in [2.45, 2.75) is 6.92 Å². The standard InChI is InChI=1S/C12H12N2O/c1-9-5-6-10(8-13-9)11-4-3-7-14(2)12(11)15/h3-8H,1-2H3. The second-order valence-electron chi connectivity index (χ2n) is 3.53. The van der Waals surface area contributed by atoms with Crippen molar-refractivity contribution in [3.8, 4) is 11.1 Å². The van der Waals surface area contributed by atoms with E-state index in [2.05, 4.69) is 4.98 Å². The molecule has 0 aliphatic rings. The highest BCUT2D eigenvalue weighted by Gasteiger charge is 2.03. The van der Waals surface area contributed by atoms with Gasteiger partial charge >= 0.3 is 0 Å². The first-order valence-electron chi connectivity index (χ1n) is 4.77. The van der Waals surface area contributed by atoms with Crippen LogP contribution in [0, 0.1) is 6.92 Å². The third-order valence-corrected chi connectivity index (χ3v) is 2.35. The molecule has 0 unspecified atom stereocenters. The summed E-state index contributed by atoms with van der Waals surface area (Å²) >= 11 is 0. The van der Waals surface area contributed by atoms with Crippen LogP contribution in [0.5, 0.6) is 0 Å². The number of aromatic nitrogens is 2. The Morgan fingerprint density at radius 3 is 2.73 bits per heavy atom. The molecule has 3 nitrogen and oxygen atoms in total. The normalized spacial score (nSPS) is 10.3. The Morgan fingerprint density at radius 1 is 1.27 bits per heavy atom. The maximum atomic E-state index is 11.8. The van der Waals surface area contributed by atoms with E-state index in [0.717, 1.165) is 11.3 Å². The molecule has 0 fully saturated rings. The lowest BCUT2D eigenvalue weighted by atomic mass is 10.1. The van der Waals surface area contributed by atoms with E-state index in [1.807, 2.05) is 31.2 Å². The van der Waals surface area contributed by atoms with Gasteiger partial charge < -0.3 is 4.57 Å². The molecule has 3 heteroatoms. The summed E-state index contributed by atoms with van der Waals surface area (Å²) in [5.74, 6) is 0. The van der Waals surface area contributed by atoms with Crippen molar-refractivity contribution in [1.82, 2.24) is 9.55 Å². The van der Waals surface area contributed by atoms with Crippen molar-refractivity contribution in [3.63, 3.8) is 0 Å². The monoisotopic (exact) mass is 200 g/mol. The molecular formula is C12H12N2O. The second kappa shape index (κ2) is 3.69. The molecule has 0 N–H and O–H groups in total. The van der Waals surface area contributed by atoms with Crippen LogP contribution in [0.3, 0.4) is 0 Å². The summed E-state index contributed by atoms with van der Waals surface area (Å²) in [7, 11) is 1.74. The molecule has 0 amide bonds. The van der Waals surface area contributed by atoms with Crippen LogP contribution < -0.4 is 5.56 Å². The van der Waals surface area contributed by atoms with Crippen LogP contribution in [0.2, 0.25) is 0 Å². The number of aryl methyl sites for hydroxylation is 2. The molecule has 0 saturated carbocycles. The highest BCUT2D eigenvalue weighted by molar-refractivity contribution is 5.61. The molecule has 2 aromatic rings. The SMILES string of the molecule is Cc1ccc(-c2cccn(C)c2=O)cn1. The average Bonchev–Trinajstić information content (AvgIpc) is 2.24. The summed E-state index contributed by atoms with van der Waals surface area (Å²) in [6, 6.07) is 7.49. The number of rotatable bonds is 1.